The summed E-state index contributed by atoms with van der Waals surface area (Å²) in [6, 6.07) is 5.25. The number of allylic oxidation sites excluding steroid dienone is 2. The fourth-order valence-corrected chi connectivity index (χ4v) is 5.08. The standard InChI is InChI=1S/C24H24N6O4S2/c25-23(33)29(17-5-1-9-27(13-17)15-19(31)21-7-3-11-35-21)30(24(26)34)18-6-2-10-28(14-18)16-20(32)22-8-4-12-36-22/h1-4,7-14H,5-6,15-16H2,(H2,25,33)(H2,26,34). The lowest BCUT2D eigenvalue weighted by atomic mass is 10.2. The normalized spacial score (nSPS) is 14.8. The number of hydrogen-bond donors (Lipinski definition) is 2. The van der Waals surface area contributed by atoms with Gasteiger partial charge < -0.3 is 21.3 Å². The molecule has 2 aliphatic rings. The van der Waals surface area contributed by atoms with Crippen LogP contribution in [0.15, 0.2) is 83.4 Å². The SMILES string of the molecule is NC(=O)N(C1=CN(CC(=O)c2cccs2)C=CC1)N(C(N)=O)C1=CN(CC(=O)c2cccs2)C=CC1. The van der Waals surface area contributed by atoms with Crippen molar-refractivity contribution in [3.8, 4) is 0 Å². The molecule has 10 nitrogen and oxygen atoms in total. The molecule has 2 aromatic heterocycles. The third-order valence-electron chi connectivity index (χ3n) is 5.28. The molecule has 0 atom stereocenters. The van der Waals surface area contributed by atoms with Crippen LogP contribution in [0.2, 0.25) is 0 Å². The van der Waals surface area contributed by atoms with E-state index in [1.54, 1.807) is 71.0 Å². The molecular formula is C24H24N6O4S2. The Balaban J connectivity index is 1.56. The van der Waals surface area contributed by atoms with Gasteiger partial charge in [-0.1, -0.05) is 24.3 Å². The molecule has 0 radical (unpaired) electrons. The molecule has 0 bridgehead atoms. The average molecular weight is 525 g/mol. The minimum absolute atomic E-state index is 0.0493. The maximum atomic E-state index is 12.6. The summed E-state index contributed by atoms with van der Waals surface area (Å²) in [5.41, 5.74) is 12.1. The summed E-state index contributed by atoms with van der Waals surface area (Å²) in [4.78, 5) is 54.7. The Kier molecular flexibility index (Phi) is 7.66. The van der Waals surface area contributed by atoms with Gasteiger partial charge >= 0.3 is 12.1 Å². The highest BCUT2D eigenvalue weighted by Gasteiger charge is 2.31. The molecular weight excluding hydrogens is 500 g/mol. The minimum atomic E-state index is -0.920. The summed E-state index contributed by atoms with van der Waals surface area (Å²) in [6.45, 7) is 0.0987. The van der Waals surface area contributed by atoms with Gasteiger partial charge in [-0.2, -0.15) is 10.0 Å². The monoisotopic (exact) mass is 524 g/mol. The predicted molar refractivity (Wildman–Crippen MR) is 137 cm³/mol. The molecule has 186 valence electrons. The van der Waals surface area contributed by atoms with Gasteiger partial charge in [0.15, 0.2) is 11.6 Å². The number of thiophene rings is 2. The number of rotatable bonds is 8. The summed E-state index contributed by atoms with van der Waals surface area (Å²) in [5.74, 6) is -0.175. The Hall–Kier alpha value is -4.16. The van der Waals surface area contributed by atoms with Crippen molar-refractivity contribution in [2.75, 3.05) is 13.1 Å². The molecule has 12 heteroatoms. The first-order chi connectivity index (χ1) is 17.3. The quantitative estimate of drug-likeness (QED) is 0.400. The van der Waals surface area contributed by atoms with Crippen LogP contribution < -0.4 is 11.5 Å². The van der Waals surface area contributed by atoms with Crippen molar-refractivity contribution < 1.29 is 19.2 Å². The highest BCUT2D eigenvalue weighted by molar-refractivity contribution is 7.12. The van der Waals surface area contributed by atoms with Crippen LogP contribution in [0.1, 0.15) is 32.2 Å². The van der Waals surface area contributed by atoms with Crippen molar-refractivity contribution in [1.82, 2.24) is 19.8 Å². The van der Waals surface area contributed by atoms with Gasteiger partial charge in [0.05, 0.1) is 34.2 Å². The van der Waals surface area contributed by atoms with Gasteiger partial charge in [0.25, 0.3) is 0 Å². The Morgan fingerprint density at radius 2 is 1.17 bits per heavy atom. The molecule has 4 heterocycles. The molecule has 0 saturated carbocycles. The third kappa shape index (κ3) is 5.73. The molecule has 0 fully saturated rings. The number of carbonyl (C=O) groups is 4. The van der Waals surface area contributed by atoms with E-state index in [9.17, 15) is 19.2 Å². The molecule has 0 unspecified atom stereocenters. The van der Waals surface area contributed by atoms with Gasteiger partial charge in [-0.05, 0) is 22.9 Å². The van der Waals surface area contributed by atoms with Crippen LogP contribution in [0.25, 0.3) is 0 Å². The first-order valence-electron chi connectivity index (χ1n) is 10.9. The van der Waals surface area contributed by atoms with Crippen molar-refractivity contribution >= 4 is 46.3 Å². The summed E-state index contributed by atoms with van der Waals surface area (Å²) in [5, 5.41) is 5.64. The molecule has 4 rings (SSSR count). The van der Waals surface area contributed by atoms with E-state index in [0.29, 0.717) is 21.1 Å². The molecule has 0 spiro atoms. The third-order valence-corrected chi connectivity index (χ3v) is 7.11. The number of urea groups is 2. The van der Waals surface area contributed by atoms with E-state index in [0.717, 1.165) is 10.0 Å². The maximum Gasteiger partial charge on any atom is 0.338 e. The number of amides is 4. The van der Waals surface area contributed by atoms with Crippen LogP contribution in [0, 0.1) is 0 Å². The van der Waals surface area contributed by atoms with Gasteiger partial charge in [-0.3, -0.25) is 9.59 Å². The van der Waals surface area contributed by atoms with E-state index in [1.165, 1.54) is 22.7 Å². The topological polar surface area (TPSA) is 133 Å². The van der Waals surface area contributed by atoms with E-state index >= 15 is 0 Å². The molecule has 2 aliphatic heterocycles. The van der Waals surface area contributed by atoms with Gasteiger partial charge in [0, 0.05) is 37.6 Å². The lowest BCUT2D eigenvalue weighted by Crippen LogP contribution is -2.53. The van der Waals surface area contributed by atoms with Crippen molar-refractivity contribution in [3.63, 3.8) is 0 Å². The van der Waals surface area contributed by atoms with E-state index in [1.807, 2.05) is 10.8 Å². The largest absolute Gasteiger partial charge is 0.350 e. The fraction of sp³-hybridized carbons (Fsp3) is 0.167. The van der Waals surface area contributed by atoms with Crippen LogP contribution in [-0.4, -0.2) is 56.5 Å². The fourth-order valence-electron chi connectivity index (χ4n) is 3.77. The molecule has 0 saturated heterocycles. The van der Waals surface area contributed by atoms with E-state index in [4.69, 9.17) is 11.5 Å². The Labute approximate surface area is 215 Å². The molecule has 0 aromatic carbocycles. The zero-order chi connectivity index (χ0) is 25.7. The minimum Gasteiger partial charge on any atom is -0.350 e. The number of ketones is 2. The second-order valence-corrected chi connectivity index (χ2v) is 9.76. The highest BCUT2D eigenvalue weighted by atomic mass is 32.1. The summed E-state index contributed by atoms with van der Waals surface area (Å²) in [6.07, 6.45) is 10.7. The van der Waals surface area contributed by atoms with Gasteiger partial charge in [-0.25, -0.2) is 9.59 Å². The number of primary amides is 2. The zero-order valence-electron chi connectivity index (χ0n) is 19.1. The van der Waals surface area contributed by atoms with Crippen LogP contribution in [0.5, 0.6) is 0 Å². The van der Waals surface area contributed by atoms with E-state index in [2.05, 4.69) is 0 Å². The molecule has 2 aromatic rings. The average Bonchev–Trinajstić information content (AvgIpc) is 3.57. The van der Waals surface area contributed by atoms with Crippen LogP contribution in [0.3, 0.4) is 0 Å². The highest BCUT2D eigenvalue weighted by Crippen LogP contribution is 2.26. The smallest absolute Gasteiger partial charge is 0.338 e. The molecule has 4 amide bonds. The van der Waals surface area contributed by atoms with Gasteiger partial charge in [-0.15, -0.1) is 22.7 Å². The molecule has 36 heavy (non-hydrogen) atoms. The maximum absolute atomic E-state index is 12.6. The lowest BCUT2D eigenvalue weighted by Gasteiger charge is -2.37. The Bertz CT molecular complexity index is 1170. The van der Waals surface area contributed by atoms with Crippen molar-refractivity contribution in [3.05, 3.63) is 93.1 Å². The summed E-state index contributed by atoms with van der Waals surface area (Å²) < 4.78 is 0. The number of nitrogens with two attached hydrogens (primary N) is 2. The van der Waals surface area contributed by atoms with E-state index < -0.39 is 12.1 Å². The van der Waals surface area contributed by atoms with Crippen molar-refractivity contribution in [2.24, 2.45) is 11.5 Å². The zero-order valence-corrected chi connectivity index (χ0v) is 20.8. The number of nitrogens with zero attached hydrogens (tertiary/aromatic N) is 4. The van der Waals surface area contributed by atoms with Crippen LogP contribution in [-0.2, 0) is 0 Å². The number of carbonyl (C=O) groups excluding carboxylic acids is 4. The van der Waals surface area contributed by atoms with Crippen LogP contribution in [0.4, 0.5) is 9.59 Å². The first-order valence-corrected chi connectivity index (χ1v) is 12.7. The molecule has 0 aliphatic carbocycles. The Morgan fingerprint density at radius 1 is 0.750 bits per heavy atom. The van der Waals surface area contributed by atoms with E-state index in [-0.39, 0.29) is 37.5 Å². The van der Waals surface area contributed by atoms with Crippen molar-refractivity contribution in [2.45, 2.75) is 12.8 Å². The van der Waals surface area contributed by atoms with Gasteiger partial charge in [0.1, 0.15) is 0 Å². The number of hydrogen-bond acceptors (Lipinski definition) is 8. The first kappa shape index (κ1) is 24.9. The van der Waals surface area contributed by atoms with Crippen LogP contribution >= 0.6 is 22.7 Å². The lowest BCUT2D eigenvalue weighted by molar-refractivity contribution is 0.0935. The molecule has 4 N–H and O–H groups in total. The summed E-state index contributed by atoms with van der Waals surface area (Å²) >= 11 is 2.69. The second kappa shape index (κ2) is 11.1. The second-order valence-electron chi connectivity index (χ2n) is 7.86. The van der Waals surface area contributed by atoms with Crippen molar-refractivity contribution in [1.29, 1.82) is 0 Å². The Morgan fingerprint density at radius 3 is 1.50 bits per heavy atom. The number of hydrazine groups is 1. The van der Waals surface area contributed by atoms with Gasteiger partial charge in [0.2, 0.25) is 0 Å². The predicted octanol–water partition coefficient (Wildman–Crippen LogP) is 3.67. The summed E-state index contributed by atoms with van der Waals surface area (Å²) in [7, 11) is 0. The number of Topliss-reactive ketones (excluding diaryl/α,β-unsaturated/α-hetero) is 2.